The zero-order valence-electron chi connectivity index (χ0n) is 30.6. The molecule has 1 fully saturated rings. The molecule has 2 rings (SSSR count). The van der Waals surface area contributed by atoms with Crippen LogP contribution in [0.2, 0.25) is 0 Å². The fraction of sp³-hybridized carbons (Fsp3) is 0.667. The predicted octanol–water partition coefficient (Wildman–Crippen LogP) is 7.89. The Labute approximate surface area is 283 Å². The lowest BCUT2D eigenvalue weighted by atomic mass is 9.92. The number of likely N-dealkylation sites (tertiary alicyclic amines) is 1. The molecule has 1 aliphatic heterocycles. The van der Waals surface area contributed by atoms with E-state index in [9.17, 15) is 22.8 Å². The molecular formula is C33H65F3N6O3S. The van der Waals surface area contributed by atoms with Gasteiger partial charge < -0.3 is 16.4 Å². The van der Waals surface area contributed by atoms with Gasteiger partial charge in [-0.05, 0) is 49.1 Å². The van der Waals surface area contributed by atoms with E-state index >= 15 is 0 Å². The fourth-order valence-corrected chi connectivity index (χ4v) is 3.73. The molecule has 46 heavy (non-hydrogen) atoms. The minimum Gasteiger partial charge on any atom is -0.399 e. The average Bonchev–Trinajstić information content (AvgIpc) is 2.98. The van der Waals surface area contributed by atoms with E-state index in [2.05, 4.69) is 43.1 Å². The number of likely N-dealkylation sites (N-methyl/N-ethyl adjacent to an activating group) is 1. The number of alkyl halides is 3. The first-order valence-corrected chi connectivity index (χ1v) is 16.7. The van der Waals surface area contributed by atoms with Crippen LogP contribution in [0.5, 0.6) is 0 Å². The van der Waals surface area contributed by atoms with Gasteiger partial charge >= 0.3 is 6.18 Å². The van der Waals surface area contributed by atoms with Gasteiger partial charge in [-0.1, -0.05) is 54.5 Å². The summed E-state index contributed by atoms with van der Waals surface area (Å²) in [7, 11) is 3.56. The number of hydrogen-bond donors (Lipinski definition) is 3. The highest BCUT2D eigenvalue weighted by Gasteiger charge is 2.25. The fourth-order valence-electron chi connectivity index (χ4n) is 3.50. The van der Waals surface area contributed by atoms with Gasteiger partial charge in [0.15, 0.2) is 0 Å². The molecule has 0 radical (unpaired) electrons. The monoisotopic (exact) mass is 682 g/mol. The SMILES string of the molecule is C=C.CC.CC.CC#N.CC(N)=O.CC1CC(C)CN(CC(=O)N(C)c2cccc(N)c2)C1.CCCC(F)(F)F.CNOCSC. The molecule has 2 unspecified atom stereocenters. The minimum atomic E-state index is -3.95. The van der Waals surface area contributed by atoms with E-state index in [-0.39, 0.29) is 18.2 Å². The quantitative estimate of drug-likeness (QED) is 0.0868. The molecule has 5 N–H and O–H groups in total. The van der Waals surface area contributed by atoms with E-state index in [0.717, 1.165) is 24.7 Å². The standard InChI is InChI=1S/C16H25N3O.C4H7F3.C3H9NOS.C2H5NO.C2H3N.2C2H6.C2H4/c1-12-7-13(2)10-19(9-12)11-16(20)18(3)15-6-4-5-14(17)8-15;1-2-3-4(5,6)7;1-4-5-3-6-2;1-2(3)4;1-2-3;3*1-2/h4-6,8,12-13H,7,9-11,17H2,1-3H3;2-3H2,1H3;4H,3H2,1-2H3;1H3,(H2,3,4);1H3;2*1-2H3;1-2H2. The summed E-state index contributed by atoms with van der Waals surface area (Å²) < 4.78 is 33.2. The third-order valence-electron chi connectivity index (χ3n) is 4.79. The van der Waals surface area contributed by atoms with E-state index in [0.29, 0.717) is 24.1 Å². The van der Waals surface area contributed by atoms with Crippen LogP contribution < -0.4 is 21.8 Å². The number of rotatable bonds is 7. The summed E-state index contributed by atoms with van der Waals surface area (Å²) in [5.41, 5.74) is 14.3. The predicted molar refractivity (Wildman–Crippen MR) is 193 cm³/mol. The molecular weight excluding hydrogens is 617 g/mol. The molecule has 13 heteroatoms. The van der Waals surface area contributed by atoms with Gasteiger partial charge in [0.25, 0.3) is 0 Å². The molecule has 0 aliphatic carbocycles. The van der Waals surface area contributed by atoms with Gasteiger partial charge in [0, 0.05) is 58.8 Å². The first-order chi connectivity index (χ1) is 21.6. The number of hydrogen-bond acceptors (Lipinski definition) is 8. The van der Waals surface area contributed by atoms with Crippen molar-refractivity contribution in [3.8, 4) is 6.07 Å². The van der Waals surface area contributed by atoms with Crippen molar-refractivity contribution >= 4 is 35.0 Å². The van der Waals surface area contributed by atoms with Crippen LogP contribution in [-0.4, -0.2) is 68.8 Å². The highest BCUT2D eigenvalue weighted by atomic mass is 32.2. The van der Waals surface area contributed by atoms with E-state index < -0.39 is 12.6 Å². The van der Waals surface area contributed by atoms with Crippen molar-refractivity contribution in [2.75, 3.05) is 56.6 Å². The molecule has 0 spiro atoms. The van der Waals surface area contributed by atoms with Gasteiger partial charge in [-0.3, -0.25) is 19.3 Å². The number of anilines is 2. The van der Waals surface area contributed by atoms with Crippen LogP contribution in [0.25, 0.3) is 0 Å². The smallest absolute Gasteiger partial charge is 0.389 e. The zero-order valence-corrected chi connectivity index (χ0v) is 31.4. The Bertz CT molecular complexity index is 841. The lowest BCUT2D eigenvalue weighted by Gasteiger charge is -2.35. The summed E-state index contributed by atoms with van der Waals surface area (Å²) in [6.45, 7) is 25.3. The van der Waals surface area contributed by atoms with Gasteiger partial charge in [-0.15, -0.1) is 24.9 Å². The van der Waals surface area contributed by atoms with Crippen LogP contribution in [0.3, 0.4) is 0 Å². The summed E-state index contributed by atoms with van der Waals surface area (Å²) in [5, 5.41) is 7.32. The topological polar surface area (TPSA) is 138 Å². The second-order valence-corrected chi connectivity index (χ2v) is 9.96. The summed E-state index contributed by atoms with van der Waals surface area (Å²) in [6, 6.07) is 9.20. The molecule has 1 aromatic rings. The first kappa shape index (κ1) is 55.6. The lowest BCUT2D eigenvalue weighted by Crippen LogP contribution is -2.45. The van der Waals surface area contributed by atoms with Crippen LogP contribution in [0.4, 0.5) is 24.5 Å². The number of nitrogens with zero attached hydrogens (tertiary/aromatic N) is 3. The van der Waals surface area contributed by atoms with Crippen LogP contribution in [0.1, 0.15) is 81.6 Å². The summed E-state index contributed by atoms with van der Waals surface area (Å²) in [4.78, 5) is 30.3. The number of nitrogen functional groups attached to an aromatic ring is 1. The second-order valence-electron chi connectivity index (χ2n) is 9.14. The maximum absolute atomic E-state index is 12.4. The number of halogens is 3. The number of carbonyl (C=O) groups is 2. The number of carbonyl (C=O) groups excluding carboxylic acids is 2. The van der Waals surface area contributed by atoms with Crippen molar-refractivity contribution in [2.24, 2.45) is 17.6 Å². The highest BCUT2D eigenvalue weighted by molar-refractivity contribution is 7.98. The largest absolute Gasteiger partial charge is 0.399 e. The summed E-state index contributed by atoms with van der Waals surface area (Å²) in [6.07, 6.45) is -1.18. The second kappa shape index (κ2) is 40.2. The van der Waals surface area contributed by atoms with Gasteiger partial charge in [0.05, 0.1) is 12.6 Å². The lowest BCUT2D eigenvalue weighted by molar-refractivity contribution is -0.134. The average molecular weight is 683 g/mol. The number of nitriles is 1. The molecule has 9 nitrogen and oxygen atoms in total. The Morgan fingerprint density at radius 2 is 1.61 bits per heavy atom. The number of primary amides is 1. The van der Waals surface area contributed by atoms with Crippen molar-refractivity contribution in [1.29, 1.82) is 5.26 Å². The normalized spacial score (nSPS) is 14.3. The molecule has 272 valence electrons. The molecule has 1 aromatic carbocycles. The Morgan fingerprint density at radius 1 is 1.17 bits per heavy atom. The Hall–Kier alpha value is -2.79. The van der Waals surface area contributed by atoms with E-state index in [1.165, 1.54) is 27.2 Å². The van der Waals surface area contributed by atoms with Crippen molar-refractivity contribution in [3.63, 3.8) is 0 Å². The number of amides is 2. The molecule has 2 amide bonds. The van der Waals surface area contributed by atoms with Gasteiger partial charge in [-0.25, -0.2) is 5.48 Å². The summed E-state index contributed by atoms with van der Waals surface area (Å²) in [5.74, 6) is 1.85. The van der Waals surface area contributed by atoms with Crippen LogP contribution in [-0.2, 0) is 14.4 Å². The Morgan fingerprint density at radius 3 is 1.89 bits per heavy atom. The zero-order chi connectivity index (χ0) is 37.7. The van der Waals surface area contributed by atoms with Crippen molar-refractivity contribution in [3.05, 3.63) is 37.4 Å². The molecule has 1 heterocycles. The third-order valence-corrected chi connectivity index (χ3v) is 5.14. The molecule has 2 atom stereocenters. The van der Waals surface area contributed by atoms with E-state index in [1.807, 2.05) is 65.3 Å². The first-order valence-electron chi connectivity index (χ1n) is 15.3. The maximum atomic E-state index is 12.4. The highest BCUT2D eigenvalue weighted by Crippen LogP contribution is 2.22. The Balaban J connectivity index is -0.000000127. The van der Waals surface area contributed by atoms with Crippen LogP contribution in [0, 0.1) is 23.2 Å². The van der Waals surface area contributed by atoms with E-state index in [1.54, 1.807) is 29.8 Å². The number of benzene rings is 1. The van der Waals surface area contributed by atoms with Gasteiger partial charge in [0.2, 0.25) is 11.8 Å². The van der Waals surface area contributed by atoms with Gasteiger partial charge in [-0.2, -0.15) is 18.4 Å². The van der Waals surface area contributed by atoms with Gasteiger partial charge in [0.1, 0.15) is 5.94 Å². The van der Waals surface area contributed by atoms with Crippen molar-refractivity contribution < 1.29 is 27.6 Å². The number of piperidine rings is 1. The minimum absolute atomic E-state index is 0.122. The van der Waals surface area contributed by atoms with Crippen LogP contribution in [0.15, 0.2) is 37.4 Å². The molecule has 0 saturated carbocycles. The number of thioether (sulfide) groups is 1. The molecule has 1 aliphatic rings. The third kappa shape index (κ3) is 45.6. The number of nitrogens with one attached hydrogen (secondary N) is 1. The van der Waals surface area contributed by atoms with E-state index in [4.69, 9.17) is 15.8 Å². The van der Waals surface area contributed by atoms with Crippen LogP contribution >= 0.6 is 11.8 Å². The molecule has 1 saturated heterocycles. The summed E-state index contributed by atoms with van der Waals surface area (Å²) >= 11 is 1.64. The maximum Gasteiger partial charge on any atom is 0.389 e. The molecule has 0 bridgehead atoms. The van der Waals surface area contributed by atoms with Crippen molar-refractivity contribution in [2.45, 2.75) is 87.8 Å². The number of nitrogens with two attached hydrogens (primary N) is 2. The molecule has 0 aromatic heterocycles. The Kier molecular flexibility index (Phi) is 48.6. The number of hydroxylamine groups is 1. The van der Waals surface area contributed by atoms with Crippen molar-refractivity contribution in [1.82, 2.24) is 10.4 Å².